The van der Waals surface area contributed by atoms with Crippen molar-refractivity contribution in [3.63, 3.8) is 0 Å². The van der Waals surface area contributed by atoms with Gasteiger partial charge in [0.1, 0.15) is 60.0 Å². The fourth-order valence-corrected chi connectivity index (χ4v) is 9.08. The van der Waals surface area contributed by atoms with Crippen LogP contribution in [0.2, 0.25) is 0 Å². The van der Waals surface area contributed by atoms with E-state index >= 15 is 0 Å². The van der Waals surface area contributed by atoms with Gasteiger partial charge in [0.05, 0.1) is 43.5 Å². The maximum absolute atomic E-state index is 12.1. The standard InChI is InChI=1S/C34H52O20/c1-12(36)53-33(3)8-16(38)14-5-6-46-29(21(14)33)51-32-28(45)26(43)24(41)19(49-32)11-47-20-7-15-17(39)9-34(4,54-13(2)37)22(15)30(50-20)52-31-27(44)25(42)23(40)18(10-35)48-31/h5-6,14-32,35,38-45H,7-11H2,1-4H3/t14-,15-,16+,17+,18+,19+,20+,21+,22+,23+,24+,25-,26-,27+,28+,29-,30-,31-,32-,33-,34-/m0/s1. The van der Waals surface area contributed by atoms with Crippen LogP contribution in [0.25, 0.3) is 0 Å². The molecule has 9 N–H and O–H groups in total. The predicted octanol–water partition coefficient (Wildman–Crippen LogP) is -3.78. The van der Waals surface area contributed by atoms with E-state index in [4.69, 9.17) is 42.6 Å². The zero-order valence-corrected chi connectivity index (χ0v) is 30.2. The van der Waals surface area contributed by atoms with E-state index in [9.17, 15) is 55.5 Å². The van der Waals surface area contributed by atoms with E-state index in [1.54, 1.807) is 19.9 Å². The van der Waals surface area contributed by atoms with Gasteiger partial charge in [0.15, 0.2) is 25.2 Å². The van der Waals surface area contributed by atoms with Gasteiger partial charge < -0.3 is 88.6 Å². The number of hydrogen-bond donors (Lipinski definition) is 9. The molecule has 0 radical (unpaired) electrons. The van der Waals surface area contributed by atoms with Gasteiger partial charge in [0, 0.05) is 44.9 Å². The number of hydrogen-bond acceptors (Lipinski definition) is 20. The van der Waals surface area contributed by atoms with Crippen LogP contribution in [-0.2, 0) is 52.2 Å². The summed E-state index contributed by atoms with van der Waals surface area (Å²) >= 11 is 0. The second-order valence-corrected chi connectivity index (χ2v) is 15.5. The molecule has 2 aliphatic carbocycles. The topological polar surface area (TPSA) is 299 Å². The Morgan fingerprint density at radius 3 is 1.81 bits per heavy atom. The molecular weight excluding hydrogens is 728 g/mol. The van der Waals surface area contributed by atoms with Gasteiger partial charge in [0.25, 0.3) is 0 Å². The highest BCUT2D eigenvalue weighted by Crippen LogP contribution is 2.52. The van der Waals surface area contributed by atoms with Gasteiger partial charge in [-0.2, -0.15) is 0 Å². The number of aliphatic hydroxyl groups excluding tert-OH is 9. The van der Waals surface area contributed by atoms with E-state index in [-0.39, 0.29) is 19.3 Å². The lowest BCUT2D eigenvalue weighted by Gasteiger charge is -2.47. The molecule has 54 heavy (non-hydrogen) atoms. The molecule has 308 valence electrons. The minimum absolute atomic E-state index is 0.00642. The molecule has 0 aromatic rings. The quantitative estimate of drug-likeness (QED) is 0.0961. The third kappa shape index (κ3) is 7.89. The summed E-state index contributed by atoms with van der Waals surface area (Å²) in [4.78, 5) is 24.1. The number of carbonyl (C=O) groups is 2. The van der Waals surface area contributed by atoms with Crippen molar-refractivity contribution >= 4 is 11.9 Å². The molecule has 0 unspecified atom stereocenters. The van der Waals surface area contributed by atoms with Gasteiger partial charge >= 0.3 is 11.9 Å². The number of carbonyl (C=O) groups excluding carboxylic acids is 2. The van der Waals surface area contributed by atoms with E-state index in [1.165, 1.54) is 20.1 Å². The van der Waals surface area contributed by atoms with Gasteiger partial charge in [-0.25, -0.2) is 0 Å². The zero-order chi connectivity index (χ0) is 39.4. The van der Waals surface area contributed by atoms with Crippen LogP contribution in [0.3, 0.4) is 0 Å². The minimum atomic E-state index is -1.81. The molecule has 6 aliphatic rings. The Hall–Kier alpha value is -2.12. The SMILES string of the molecule is CC(=O)O[C@@]1(C)C[C@@H](O)[C@@H]2C=CO[C@@H](O[C@@H]3O[C@H](CO[C@H]4C[C@@H]5[C@H]([C@H](O[C@@H]6O[C@H](CO)[C@@H](O)[C@H](O)[C@H]6O)O4)[C@@](C)(OC(C)=O)C[C@H]5O)[C@@H](O)[C@H](O)[C@H]3O)[C@@H]21. The van der Waals surface area contributed by atoms with Gasteiger partial charge in [-0.3, -0.25) is 9.59 Å². The maximum Gasteiger partial charge on any atom is 0.303 e. The van der Waals surface area contributed by atoms with Crippen LogP contribution in [0.5, 0.6) is 0 Å². The lowest BCUT2D eigenvalue weighted by atomic mass is 9.82. The summed E-state index contributed by atoms with van der Waals surface area (Å²) in [6.07, 6.45) is -19.5. The molecule has 4 aliphatic heterocycles. The average molecular weight is 781 g/mol. The summed E-state index contributed by atoms with van der Waals surface area (Å²) in [7, 11) is 0. The van der Waals surface area contributed by atoms with Crippen LogP contribution in [-0.4, -0.2) is 175 Å². The van der Waals surface area contributed by atoms with Crippen LogP contribution in [0.4, 0.5) is 0 Å². The number of esters is 2. The second-order valence-electron chi connectivity index (χ2n) is 15.5. The molecule has 6 rings (SSSR count). The van der Waals surface area contributed by atoms with Crippen molar-refractivity contribution in [2.75, 3.05) is 13.2 Å². The monoisotopic (exact) mass is 780 g/mol. The fourth-order valence-electron chi connectivity index (χ4n) is 9.08. The summed E-state index contributed by atoms with van der Waals surface area (Å²) in [5, 5.41) is 95.5. The first kappa shape index (κ1) is 41.5. The third-order valence-electron chi connectivity index (χ3n) is 11.6. The number of fused-ring (bicyclic) bond motifs is 2. The van der Waals surface area contributed by atoms with Crippen LogP contribution < -0.4 is 0 Å². The summed E-state index contributed by atoms with van der Waals surface area (Å²) in [6.45, 7) is 4.39. The van der Waals surface area contributed by atoms with E-state index < -0.39 is 153 Å². The molecule has 20 nitrogen and oxygen atoms in total. The first-order chi connectivity index (χ1) is 25.4. The molecule has 0 aromatic heterocycles. The average Bonchev–Trinajstić information content (AvgIpc) is 3.50. The number of ether oxygens (including phenoxy) is 9. The predicted molar refractivity (Wildman–Crippen MR) is 171 cm³/mol. The molecule has 0 aromatic carbocycles. The van der Waals surface area contributed by atoms with Crippen molar-refractivity contribution < 1.29 is 98.2 Å². The molecule has 3 saturated heterocycles. The van der Waals surface area contributed by atoms with Crippen molar-refractivity contribution in [3.05, 3.63) is 12.3 Å². The minimum Gasteiger partial charge on any atom is -0.472 e. The largest absolute Gasteiger partial charge is 0.472 e. The highest BCUT2D eigenvalue weighted by molar-refractivity contribution is 5.67. The van der Waals surface area contributed by atoms with E-state index in [2.05, 4.69) is 0 Å². The van der Waals surface area contributed by atoms with Crippen molar-refractivity contribution in [2.45, 2.75) is 151 Å². The molecule has 20 heteroatoms. The normalized spacial score (nSPS) is 51.5. The second kappa shape index (κ2) is 16.0. The fraction of sp³-hybridized carbons (Fsp3) is 0.882. The van der Waals surface area contributed by atoms with Gasteiger partial charge in [-0.15, -0.1) is 0 Å². The maximum atomic E-state index is 12.1. The molecule has 5 fully saturated rings. The van der Waals surface area contributed by atoms with Crippen molar-refractivity contribution in [1.29, 1.82) is 0 Å². The summed E-state index contributed by atoms with van der Waals surface area (Å²) < 4.78 is 52.4. The van der Waals surface area contributed by atoms with Gasteiger partial charge in [-0.1, -0.05) is 0 Å². The number of aliphatic hydroxyl groups is 9. The van der Waals surface area contributed by atoms with Gasteiger partial charge in [0.2, 0.25) is 6.29 Å². The zero-order valence-electron chi connectivity index (χ0n) is 30.2. The molecule has 21 atom stereocenters. The third-order valence-corrected chi connectivity index (χ3v) is 11.6. The molecule has 4 heterocycles. The van der Waals surface area contributed by atoms with Crippen molar-refractivity contribution in [2.24, 2.45) is 23.7 Å². The molecule has 0 spiro atoms. The Morgan fingerprint density at radius 2 is 1.22 bits per heavy atom. The van der Waals surface area contributed by atoms with Crippen LogP contribution in [0, 0.1) is 23.7 Å². The van der Waals surface area contributed by atoms with E-state index in [1.807, 2.05) is 0 Å². The molecule has 0 bridgehead atoms. The Balaban J connectivity index is 1.17. The Labute approximate surface area is 310 Å². The summed E-state index contributed by atoms with van der Waals surface area (Å²) in [5.74, 6) is -4.14. The Kier molecular flexibility index (Phi) is 12.3. The molecule has 2 saturated carbocycles. The van der Waals surface area contributed by atoms with E-state index in [0.717, 1.165) is 0 Å². The summed E-state index contributed by atoms with van der Waals surface area (Å²) in [6, 6.07) is 0. The van der Waals surface area contributed by atoms with Crippen LogP contribution in [0.1, 0.15) is 47.0 Å². The first-order valence-corrected chi connectivity index (χ1v) is 18.0. The first-order valence-electron chi connectivity index (χ1n) is 18.0. The Bertz CT molecular complexity index is 1370. The highest BCUT2D eigenvalue weighted by atomic mass is 16.8. The lowest BCUT2D eigenvalue weighted by molar-refractivity contribution is -0.388. The summed E-state index contributed by atoms with van der Waals surface area (Å²) in [5.41, 5.74) is -2.57. The Morgan fingerprint density at radius 1 is 0.685 bits per heavy atom. The van der Waals surface area contributed by atoms with Gasteiger partial charge in [-0.05, 0) is 19.9 Å². The van der Waals surface area contributed by atoms with Crippen LogP contribution in [0.15, 0.2) is 12.3 Å². The molecule has 0 amide bonds. The number of rotatable bonds is 10. The van der Waals surface area contributed by atoms with E-state index in [0.29, 0.717) is 0 Å². The van der Waals surface area contributed by atoms with Crippen LogP contribution >= 0.6 is 0 Å². The highest BCUT2D eigenvalue weighted by Gasteiger charge is 2.62. The molecular formula is C34H52O20. The van der Waals surface area contributed by atoms with Crippen molar-refractivity contribution in [3.8, 4) is 0 Å². The van der Waals surface area contributed by atoms with Crippen molar-refractivity contribution in [1.82, 2.24) is 0 Å². The smallest absolute Gasteiger partial charge is 0.303 e. The lowest BCUT2D eigenvalue weighted by Crippen LogP contribution is -2.62.